The van der Waals surface area contributed by atoms with Crippen molar-refractivity contribution < 1.29 is 86.0 Å². The summed E-state index contributed by atoms with van der Waals surface area (Å²) in [4.78, 5) is 87.8. The predicted molar refractivity (Wildman–Crippen MR) is 362 cm³/mol. The number of amides is 6. The second-order valence-electron chi connectivity index (χ2n) is 26.6. The van der Waals surface area contributed by atoms with Gasteiger partial charge in [0.15, 0.2) is 0 Å². The highest BCUT2D eigenvalue weighted by Crippen LogP contribution is 2.27. The van der Waals surface area contributed by atoms with Gasteiger partial charge in [0.25, 0.3) is 11.8 Å². The molecule has 0 fully saturated rings. The van der Waals surface area contributed by atoms with Gasteiger partial charge in [0.1, 0.15) is 34.5 Å². The zero-order chi connectivity index (χ0) is 67.3. The van der Waals surface area contributed by atoms with Crippen molar-refractivity contribution in [1.82, 2.24) is 31.9 Å². The van der Waals surface area contributed by atoms with Crippen LogP contribution >= 0.6 is 0 Å². The molecule has 0 aliphatic carbocycles. The Morgan fingerprint density at radius 1 is 0.297 bits per heavy atom. The first-order valence-corrected chi connectivity index (χ1v) is 46.4. The molecule has 0 saturated carbocycles. The van der Waals surface area contributed by atoms with E-state index >= 15 is 0 Å². The van der Waals surface area contributed by atoms with Crippen LogP contribution in [0.2, 0.25) is 103 Å². The summed E-state index contributed by atoms with van der Waals surface area (Å²) in [6, 6.07) is 17.5. The third kappa shape index (κ3) is 39.6. The van der Waals surface area contributed by atoms with Gasteiger partial charge in [0.2, 0.25) is 0 Å². The van der Waals surface area contributed by atoms with Crippen LogP contribution in [0.1, 0.15) is 69.6 Å². The van der Waals surface area contributed by atoms with Crippen molar-refractivity contribution in [3.8, 4) is 34.5 Å². The Morgan fingerprint density at radius 2 is 0.495 bits per heavy atom. The van der Waals surface area contributed by atoms with Crippen molar-refractivity contribution in [1.29, 1.82) is 0 Å². The maximum absolute atomic E-state index is 13.5. The second-order valence-corrected chi connectivity index (χ2v) is 49.1. The van der Waals surface area contributed by atoms with Crippen LogP contribution in [-0.2, 0) is 18.9 Å². The van der Waals surface area contributed by atoms with Gasteiger partial charge in [0.05, 0.1) is 71.6 Å². The fraction of sp³-hybridized carbons (Fsp3) is 0.603. The van der Waals surface area contributed by atoms with Gasteiger partial charge in [-0.15, -0.1) is 0 Å². The number of nitrogens with one attached hydrogen (secondary N) is 6. The number of carbonyl (C=O) groups is 7. The van der Waals surface area contributed by atoms with Gasteiger partial charge in [-0.25, -0.2) is 24.0 Å². The molecule has 0 heterocycles. The molecule has 3 aromatic carbocycles. The van der Waals surface area contributed by atoms with Crippen molar-refractivity contribution in [2.75, 3.05) is 105 Å². The Kier molecular flexibility index (Phi) is 35.5. The van der Waals surface area contributed by atoms with Crippen molar-refractivity contribution in [3.63, 3.8) is 0 Å². The Bertz CT molecular complexity index is 2440. The molecule has 0 atom stereocenters. The minimum Gasteiger partial charge on any atom is -0.493 e. The summed E-state index contributed by atoms with van der Waals surface area (Å²) in [5.74, 6) is -0.0285. The van der Waals surface area contributed by atoms with E-state index in [0.717, 1.165) is 24.2 Å². The molecule has 91 heavy (non-hydrogen) atoms. The molecular weight excluding hydrogens is 1240 g/mol. The number of hydrogen-bond donors (Lipinski definition) is 7. The first kappa shape index (κ1) is 78.1. The standard InChI is InChI=1S/C63H104N6O18Si4/c1-88(2,3)35-31-84-60(74)66-21-15-27-78-51-39-48(40-52(45-51)79-28-16-22-67-61(75)85-32-36-89(4,5)6)57(70)64-19-13-25-82-55-43-50(59(72)73)44-56(47-55)83-26-14-20-65-58(71)49-41-53(80-29-17-23-68-62(76)86-33-37-90(7,8)9)46-54(42-49)81-30-18-24-69-63(77)87-34-38-91(10,11)12/h39-47H,13-38H2,1-12H3,(H,64,70)(H,65,71)(H,66,74)(H,67,75)(H,68,76)(H,69,77)(H,72,73). The first-order valence-electron chi connectivity index (χ1n) is 31.6. The lowest BCUT2D eigenvalue weighted by atomic mass is 10.2. The molecule has 7 N–H and O–H groups in total. The van der Waals surface area contributed by atoms with Crippen LogP contribution in [0.5, 0.6) is 34.5 Å². The molecular formula is C63H104N6O18Si4. The van der Waals surface area contributed by atoms with Crippen LogP contribution in [0.4, 0.5) is 19.2 Å². The average Bonchev–Trinajstić information content (AvgIpc) is 1.77. The van der Waals surface area contributed by atoms with Gasteiger partial charge in [-0.3, -0.25) is 9.59 Å². The topological polar surface area (TPSA) is 304 Å². The first-order chi connectivity index (χ1) is 42.9. The number of alkyl carbamates (subject to hydrolysis) is 4. The summed E-state index contributed by atoms with van der Waals surface area (Å²) < 4.78 is 57.0. The quantitative estimate of drug-likeness (QED) is 0.0157. The van der Waals surface area contributed by atoms with Crippen LogP contribution in [-0.4, -0.2) is 185 Å². The smallest absolute Gasteiger partial charge is 0.407 e. The summed E-state index contributed by atoms with van der Waals surface area (Å²) in [6.07, 6.45) is 0.643. The second kappa shape index (κ2) is 41.3. The summed E-state index contributed by atoms with van der Waals surface area (Å²) in [5.41, 5.74) is 0.476. The molecule has 0 aromatic heterocycles. The minimum atomic E-state index is -1.35. The van der Waals surface area contributed by atoms with Crippen molar-refractivity contribution in [3.05, 3.63) is 71.3 Å². The molecule has 28 heteroatoms. The van der Waals surface area contributed by atoms with Crippen LogP contribution in [0.15, 0.2) is 54.6 Å². The van der Waals surface area contributed by atoms with E-state index in [9.17, 15) is 38.7 Å². The number of benzene rings is 3. The summed E-state index contributed by atoms with van der Waals surface area (Å²) >= 11 is 0. The van der Waals surface area contributed by atoms with Gasteiger partial charge in [-0.2, -0.15) is 0 Å². The highest BCUT2D eigenvalue weighted by Gasteiger charge is 2.19. The van der Waals surface area contributed by atoms with E-state index in [0.29, 0.717) is 114 Å². The Labute approximate surface area is 542 Å². The molecule has 3 aromatic rings. The zero-order valence-electron chi connectivity index (χ0n) is 56.0. The maximum atomic E-state index is 13.5. The van der Waals surface area contributed by atoms with Crippen LogP contribution in [0, 0.1) is 0 Å². The van der Waals surface area contributed by atoms with Crippen molar-refractivity contribution in [2.45, 2.75) is 141 Å². The van der Waals surface area contributed by atoms with Crippen LogP contribution in [0.25, 0.3) is 0 Å². The van der Waals surface area contributed by atoms with Crippen LogP contribution < -0.4 is 60.3 Å². The van der Waals surface area contributed by atoms with Gasteiger partial charge < -0.3 is 84.4 Å². The largest absolute Gasteiger partial charge is 0.493 e. The highest BCUT2D eigenvalue weighted by molar-refractivity contribution is 6.77. The zero-order valence-corrected chi connectivity index (χ0v) is 60.0. The molecule has 0 aliphatic rings. The van der Waals surface area contributed by atoms with E-state index in [-0.39, 0.29) is 80.9 Å². The lowest BCUT2D eigenvalue weighted by molar-refractivity contribution is 0.0694. The van der Waals surface area contributed by atoms with Gasteiger partial charge in [-0.05, 0) is 99.1 Å². The molecule has 0 bridgehead atoms. The molecule has 0 saturated heterocycles. The Morgan fingerprint density at radius 3 is 0.692 bits per heavy atom. The van der Waals surface area contributed by atoms with E-state index in [1.165, 1.54) is 12.1 Å². The summed E-state index contributed by atoms with van der Waals surface area (Å²) in [7, 11) is -5.39. The summed E-state index contributed by atoms with van der Waals surface area (Å²) in [6.45, 7) is 30.8. The maximum Gasteiger partial charge on any atom is 0.407 e. The lowest BCUT2D eigenvalue weighted by Gasteiger charge is -2.16. The number of ether oxygens (including phenoxy) is 10. The molecule has 3 rings (SSSR count). The van der Waals surface area contributed by atoms with Gasteiger partial charge in [-0.1, -0.05) is 78.6 Å². The summed E-state index contributed by atoms with van der Waals surface area (Å²) in [5, 5.41) is 26.6. The van der Waals surface area contributed by atoms with Crippen LogP contribution in [0.3, 0.4) is 0 Å². The van der Waals surface area contributed by atoms with E-state index in [4.69, 9.17) is 47.4 Å². The van der Waals surface area contributed by atoms with E-state index < -0.39 is 74.5 Å². The number of hydrogen-bond acceptors (Lipinski definition) is 17. The van der Waals surface area contributed by atoms with Crippen molar-refractivity contribution >= 4 is 74.5 Å². The number of carbonyl (C=O) groups excluding carboxylic acids is 6. The number of carboxylic acids is 1. The molecule has 24 nitrogen and oxygen atoms in total. The predicted octanol–water partition coefficient (Wildman–Crippen LogP) is 11.1. The number of carboxylic acid groups (broad SMARTS) is 1. The third-order valence-electron chi connectivity index (χ3n) is 12.9. The van der Waals surface area contributed by atoms with E-state index in [1.807, 2.05) is 0 Å². The SMILES string of the molecule is C[Si](C)(C)CCOC(=O)NCCCOc1cc(OCCCNC(=O)OCC[Si](C)(C)C)cc(C(=O)NCCCOc2cc(OCCCNC(=O)c3cc(OCCCNC(=O)OCC[Si](C)(C)C)cc(OCCCNC(=O)OCC[Si](C)(C)C)c3)cc(C(=O)O)c2)c1. The molecule has 510 valence electrons. The molecule has 0 unspecified atom stereocenters. The highest BCUT2D eigenvalue weighted by atomic mass is 28.3. The fourth-order valence-corrected chi connectivity index (χ4v) is 10.4. The van der Waals surface area contributed by atoms with Crippen molar-refractivity contribution in [2.24, 2.45) is 0 Å². The lowest BCUT2D eigenvalue weighted by Crippen LogP contribution is -2.29. The monoisotopic (exact) mass is 1340 g/mol. The molecule has 0 aliphatic heterocycles. The Balaban J connectivity index is 1.54. The number of aromatic carboxylic acids is 1. The Hall–Kier alpha value is -7.18. The van der Waals surface area contributed by atoms with E-state index in [2.05, 4.69) is 110 Å². The minimum absolute atomic E-state index is 0.0641. The average molecular weight is 1350 g/mol. The van der Waals surface area contributed by atoms with E-state index in [1.54, 1.807) is 42.5 Å². The number of rotatable bonds is 45. The normalized spacial score (nSPS) is 11.5. The molecule has 0 spiro atoms. The molecule has 0 radical (unpaired) electrons. The van der Waals surface area contributed by atoms with Gasteiger partial charge >= 0.3 is 30.3 Å². The molecule has 6 amide bonds. The third-order valence-corrected chi connectivity index (χ3v) is 19.8. The fourth-order valence-electron chi connectivity index (χ4n) is 7.55. The van der Waals surface area contributed by atoms with Gasteiger partial charge in [0, 0.05) is 101 Å².